The minimum absolute atomic E-state index is 0.0116. The van der Waals surface area contributed by atoms with E-state index in [2.05, 4.69) is 16.5 Å². The van der Waals surface area contributed by atoms with Gasteiger partial charge in [-0.05, 0) is 44.2 Å². The topological polar surface area (TPSA) is 56.8 Å². The van der Waals surface area contributed by atoms with E-state index in [4.69, 9.17) is 0 Å². The van der Waals surface area contributed by atoms with Crippen molar-refractivity contribution in [1.29, 1.82) is 0 Å². The van der Waals surface area contributed by atoms with Crippen LogP contribution in [0.5, 0.6) is 0 Å². The highest BCUT2D eigenvalue weighted by Crippen LogP contribution is 2.41. The molecule has 0 unspecified atom stereocenters. The number of fused-ring (bicyclic) bond motifs is 2. The largest absolute Gasteiger partial charge is 0.336 e. The standard InChI is InChI=1S/C23H26N4O2S/c1-4-10-25-11-13-26(14-12-25)22(28)17-7-8-19-20(15-17)30-21-18(6-5-9-24-21)23(29)27(19)16(2)3/h4-9,15-16H,1,10-14H2,2-3H3. The van der Waals surface area contributed by atoms with Crippen LogP contribution in [0.15, 0.2) is 59.1 Å². The Morgan fingerprint density at radius 3 is 2.70 bits per heavy atom. The molecule has 3 heterocycles. The maximum Gasteiger partial charge on any atom is 0.261 e. The first-order chi connectivity index (χ1) is 14.5. The van der Waals surface area contributed by atoms with Gasteiger partial charge < -0.3 is 9.80 Å². The maximum absolute atomic E-state index is 13.2. The first-order valence-corrected chi connectivity index (χ1v) is 11.0. The van der Waals surface area contributed by atoms with Crippen LogP contribution in [0, 0.1) is 0 Å². The second-order valence-corrected chi connectivity index (χ2v) is 8.82. The molecule has 0 radical (unpaired) electrons. The number of nitrogens with zero attached hydrogens (tertiary/aromatic N) is 4. The Morgan fingerprint density at radius 1 is 1.23 bits per heavy atom. The third kappa shape index (κ3) is 3.87. The van der Waals surface area contributed by atoms with Crippen LogP contribution >= 0.6 is 11.8 Å². The molecule has 0 aliphatic carbocycles. The summed E-state index contributed by atoms with van der Waals surface area (Å²) in [6, 6.07) is 9.23. The van der Waals surface area contributed by atoms with Crippen LogP contribution in [0.2, 0.25) is 0 Å². The van der Waals surface area contributed by atoms with E-state index < -0.39 is 0 Å². The number of amides is 2. The molecule has 6 nitrogen and oxygen atoms in total. The van der Waals surface area contributed by atoms with Gasteiger partial charge in [-0.25, -0.2) is 4.98 Å². The van der Waals surface area contributed by atoms with E-state index in [0.29, 0.717) is 29.2 Å². The zero-order chi connectivity index (χ0) is 21.3. The fourth-order valence-corrected chi connectivity index (χ4v) is 4.96. The Balaban J connectivity index is 1.65. The first kappa shape index (κ1) is 20.6. The van der Waals surface area contributed by atoms with Crippen molar-refractivity contribution in [1.82, 2.24) is 14.8 Å². The number of benzene rings is 1. The molecule has 4 rings (SSSR count). The summed E-state index contributed by atoms with van der Waals surface area (Å²) in [5.41, 5.74) is 2.07. The Morgan fingerprint density at radius 2 is 2.00 bits per heavy atom. The minimum Gasteiger partial charge on any atom is -0.336 e. The zero-order valence-corrected chi connectivity index (χ0v) is 18.2. The number of rotatable bonds is 4. The van der Waals surface area contributed by atoms with Gasteiger partial charge in [-0.3, -0.25) is 14.5 Å². The van der Waals surface area contributed by atoms with E-state index >= 15 is 0 Å². The number of hydrogen-bond donors (Lipinski definition) is 0. The second-order valence-electron chi connectivity index (χ2n) is 7.79. The van der Waals surface area contributed by atoms with Crippen LogP contribution in [0.3, 0.4) is 0 Å². The SMILES string of the molecule is C=CCN1CCN(C(=O)c2ccc3c(c2)Sc2ncccc2C(=O)N3C(C)C)CC1. The van der Waals surface area contributed by atoms with Crippen molar-refractivity contribution in [2.75, 3.05) is 37.6 Å². The predicted molar refractivity (Wildman–Crippen MR) is 119 cm³/mol. The van der Waals surface area contributed by atoms with Crippen molar-refractivity contribution < 1.29 is 9.59 Å². The molecule has 1 fully saturated rings. The van der Waals surface area contributed by atoms with Crippen LogP contribution in [-0.4, -0.2) is 65.4 Å². The molecule has 0 bridgehead atoms. The number of aromatic nitrogens is 1. The molecule has 0 atom stereocenters. The molecule has 0 N–H and O–H groups in total. The van der Waals surface area contributed by atoms with Gasteiger partial charge in [0, 0.05) is 55.4 Å². The lowest BCUT2D eigenvalue weighted by molar-refractivity contribution is 0.0650. The molecule has 2 aliphatic heterocycles. The highest BCUT2D eigenvalue weighted by molar-refractivity contribution is 7.99. The molecule has 1 aromatic carbocycles. The number of piperazine rings is 1. The van der Waals surface area contributed by atoms with E-state index in [1.807, 2.05) is 49.1 Å². The quantitative estimate of drug-likeness (QED) is 0.706. The smallest absolute Gasteiger partial charge is 0.261 e. The van der Waals surface area contributed by atoms with Gasteiger partial charge in [-0.2, -0.15) is 0 Å². The number of carbonyl (C=O) groups is 2. The lowest BCUT2D eigenvalue weighted by Gasteiger charge is -2.34. The first-order valence-electron chi connectivity index (χ1n) is 10.2. The van der Waals surface area contributed by atoms with Gasteiger partial charge in [0.1, 0.15) is 5.03 Å². The molecule has 1 aromatic heterocycles. The molecule has 30 heavy (non-hydrogen) atoms. The maximum atomic E-state index is 13.2. The van der Waals surface area contributed by atoms with Gasteiger partial charge in [0.2, 0.25) is 0 Å². The van der Waals surface area contributed by atoms with Crippen LogP contribution in [-0.2, 0) is 0 Å². The van der Waals surface area contributed by atoms with E-state index in [-0.39, 0.29) is 17.9 Å². The highest BCUT2D eigenvalue weighted by atomic mass is 32.2. The molecule has 0 spiro atoms. The van der Waals surface area contributed by atoms with Gasteiger partial charge in [0.25, 0.3) is 11.8 Å². The van der Waals surface area contributed by atoms with Gasteiger partial charge in [-0.1, -0.05) is 17.8 Å². The van der Waals surface area contributed by atoms with Crippen molar-refractivity contribution in [2.45, 2.75) is 29.8 Å². The van der Waals surface area contributed by atoms with Gasteiger partial charge in [-0.15, -0.1) is 6.58 Å². The molecular formula is C23H26N4O2S. The van der Waals surface area contributed by atoms with Crippen molar-refractivity contribution in [3.05, 3.63) is 60.3 Å². The normalized spacial score (nSPS) is 16.8. The summed E-state index contributed by atoms with van der Waals surface area (Å²) in [5, 5.41) is 0.675. The molecule has 1 saturated heterocycles. The van der Waals surface area contributed by atoms with E-state index in [9.17, 15) is 9.59 Å². The number of pyridine rings is 1. The number of anilines is 1. The fourth-order valence-electron chi connectivity index (χ4n) is 3.92. The Kier molecular flexibility index (Phi) is 5.92. The van der Waals surface area contributed by atoms with Crippen LogP contribution < -0.4 is 4.90 Å². The monoisotopic (exact) mass is 422 g/mol. The van der Waals surface area contributed by atoms with Crippen LogP contribution in [0.4, 0.5) is 5.69 Å². The molecule has 2 amide bonds. The molecule has 2 aromatic rings. The molecule has 2 aliphatic rings. The van der Waals surface area contributed by atoms with Crippen LogP contribution in [0.1, 0.15) is 34.6 Å². The summed E-state index contributed by atoms with van der Waals surface area (Å²) in [4.78, 5) is 37.6. The van der Waals surface area contributed by atoms with Gasteiger partial charge in [0.05, 0.1) is 11.3 Å². The van der Waals surface area contributed by atoms with Crippen molar-refractivity contribution in [3.8, 4) is 0 Å². The van der Waals surface area contributed by atoms with E-state index in [0.717, 1.165) is 30.2 Å². The molecular weight excluding hydrogens is 396 g/mol. The van der Waals surface area contributed by atoms with Crippen LogP contribution in [0.25, 0.3) is 0 Å². The zero-order valence-electron chi connectivity index (χ0n) is 17.4. The summed E-state index contributed by atoms with van der Waals surface area (Å²) in [6.07, 6.45) is 3.59. The summed E-state index contributed by atoms with van der Waals surface area (Å²) in [6.45, 7) is 11.7. The number of hydrogen-bond acceptors (Lipinski definition) is 5. The van der Waals surface area contributed by atoms with E-state index in [1.165, 1.54) is 11.8 Å². The lowest BCUT2D eigenvalue weighted by Crippen LogP contribution is -2.48. The van der Waals surface area contributed by atoms with Crippen molar-refractivity contribution in [2.24, 2.45) is 0 Å². The predicted octanol–water partition coefficient (Wildman–Crippen LogP) is 3.55. The average Bonchev–Trinajstić information content (AvgIpc) is 2.87. The highest BCUT2D eigenvalue weighted by Gasteiger charge is 2.31. The Hall–Kier alpha value is -2.64. The number of carbonyl (C=O) groups excluding carboxylic acids is 2. The van der Waals surface area contributed by atoms with Gasteiger partial charge >= 0.3 is 0 Å². The summed E-state index contributed by atoms with van der Waals surface area (Å²) >= 11 is 1.45. The lowest BCUT2D eigenvalue weighted by atomic mass is 10.1. The average molecular weight is 423 g/mol. The fraction of sp³-hybridized carbons (Fsp3) is 0.348. The third-order valence-electron chi connectivity index (χ3n) is 5.46. The minimum atomic E-state index is -0.0585. The Labute approximate surface area is 181 Å². The molecule has 156 valence electrons. The van der Waals surface area contributed by atoms with Gasteiger partial charge in [0.15, 0.2) is 0 Å². The Bertz CT molecular complexity index is 983. The second kappa shape index (κ2) is 8.62. The summed E-state index contributed by atoms with van der Waals surface area (Å²) in [7, 11) is 0. The molecule has 7 heteroatoms. The summed E-state index contributed by atoms with van der Waals surface area (Å²) in [5.74, 6) is -0.0265. The molecule has 0 saturated carbocycles. The third-order valence-corrected chi connectivity index (χ3v) is 6.52. The summed E-state index contributed by atoms with van der Waals surface area (Å²) < 4.78 is 0. The van der Waals surface area contributed by atoms with Crippen molar-refractivity contribution >= 4 is 29.3 Å². The van der Waals surface area contributed by atoms with E-state index in [1.54, 1.807) is 17.2 Å². The van der Waals surface area contributed by atoms with Crippen molar-refractivity contribution in [3.63, 3.8) is 0 Å².